The largest absolute Gasteiger partial charge is 0.272 e. The number of aromatic nitrogens is 2. The van der Waals surface area contributed by atoms with E-state index in [4.69, 9.17) is 0 Å². The van der Waals surface area contributed by atoms with Gasteiger partial charge in [0.1, 0.15) is 5.82 Å². The van der Waals surface area contributed by atoms with Gasteiger partial charge in [0.05, 0.1) is 11.5 Å². The first kappa shape index (κ1) is 17.1. The summed E-state index contributed by atoms with van der Waals surface area (Å²) in [4.78, 5) is 20.3. The molecule has 0 aliphatic carbocycles. The predicted molar refractivity (Wildman–Crippen MR) is 89.0 cm³/mol. The molecule has 1 amide bonds. The normalized spacial score (nSPS) is 11.4. The highest BCUT2D eigenvalue weighted by Crippen LogP contribution is 2.13. The van der Waals surface area contributed by atoms with Gasteiger partial charge in [-0.1, -0.05) is 23.9 Å². The number of nitrogens with zero attached hydrogens (tertiary/aromatic N) is 3. The number of hydrogen-bond acceptors (Lipinski definition) is 5. The molecule has 120 valence electrons. The SMILES string of the molecule is C/C(=N\NC(=O)CSc1nc(C)cc(C)n1)c1cccc(F)c1. The Labute approximate surface area is 138 Å². The average Bonchev–Trinajstić information content (AvgIpc) is 2.49. The van der Waals surface area contributed by atoms with Gasteiger partial charge < -0.3 is 0 Å². The summed E-state index contributed by atoms with van der Waals surface area (Å²) in [5, 5.41) is 4.54. The molecule has 0 atom stereocenters. The fraction of sp³-hybridized carbons (Fsp3) is 0.250. The van der Waals surface area contributed by atoms with Gasteiger partial charge in [-0.2, -0.15) is 5.10 Å². The van der Waals surface area contributed by atoms with Gasteiger partial charge in [-0.3, -0.25) is 4.79 Å². The molecule has 0 unspecified atom stereocenters. The van der Waals surface area contributed by atoms with Crippen LogP contribution in [0, 0.1) is 19.7 Å². The van der Waals surface area contributed by atoms with Crippen molar-refractivity contribution in [2.45, 2.75) is 25.9 Å². The lowest BCUT2D eigenvalue weighted by Crippen LogP contribution is -2.21. The summed E-state index contributed by atoms with van der Waals surface area (Å²) >= 11 is 1.24. The maximum atomic E-state index is 13.1. The maximum Gasteiger partial charge on any atom is 0.250 e. The highest BCUT2D eigenvalue weighted by atomic mass is 32.2. The number of hydrogen-bond donors (Lipinski definition) is 1. The van der Waals surface area contributed by atoms with Gasteiger partial charge in [-0.15, -0.1) is 0 Å². The number of carbonyl (C=O) groups is 1. The lowest BCUT2D eigenvalue weighted by atomic mass is 10.1. The lowest BCUT2D eigenvalue weighted by Gasteiger charge is -2.04. The van der Waals surface area contributed by atoms with Crippen molar-refractivity contribution in [3.63, 3.8) is 0 Å². The third-order valence-corrected chi connectivity index (χ3v) is 3.73. The molecule has 0 fully saturated rings. The van der Waals surface area contributed by atoms with Gasteiger partial charge in [-0.25, -0.2) is 19.8 Å². The molecule has 1 aromatic carbocycles. The Kier molecular flexibility index (Phi) is 5.81. The molecule has 5 nitrogen and oxygen atoms in total. The molecule has 1 heterocycles. The summed E-state index contributed by atoms with van der Waals surface area (Å²) in [6, 6.07) is 7.92. The molecule has 0 saturated carbocycles. The second kappa shape index (κ2) is 7.82. The van der Waals surface area contributed by atoms with Crippen molar-refractivity contribution in [2.24, 2.45) is 5.10 Å². The lowest BCUT2D eigenvalue weighted by molar-refractivity contribution is -0.118. The zero-order valence-corrected chi connectivity index (χ0v) is 13.9. The van der Waals surface area contributed by atoms with Crippen LogP contribution < -0.4 is 5.43 Å². The van der Waals surface area contributed by atoms with Crippen LogP contribution in [0.3, 0.4) is 0 Å². The zero-order valence-electron chi connectivity index (χ0n) is 13.1. The molecule has 23 heavy (non-hydrogen) atoms. The van der Waals surface area contributed by atoms with Crippen LogP contribution in [0.2, 0.25) is 0 Å². The summed E-state index contributed by atoms with van der Waals surface area (Å²) < 4.78 is 13.1. The van der Waals surface area contributed by atoms with E-state index in [0.29, 0.717) is 16.4 Å². The van der Waals surface area contributed by atoms with E-state index in [-0.39, 0.29) is 17.5 Å². The first-order valence-corrected chi connectivity index (χ1v) is 7.97. The van der Waals surface area contributed by atoms with E-state index in [1.807, 2.05) is 19.9 Å². The molecule has 1 aromatic heterocycles. The van der Waals surface area contributed by atoms with Crippen molar-refractivity contribution in [3.8, 4) is 0 Å². The molecule has 2 aromatic rings. The highest BCUT2D eigenvalue weighted by Gasteiger charge is 2.06. The Morgan fingerprint density at radius 3 is 2.61 bits per heavy atom. The highest BCUT2D eigenvalue weighted by molar-refractivity contribution is 7.99. The molecule has 0 bridgehead atoms. The molecule has 1 N–H and O–H groups in total. The van der Waals surface area contributed by atoms with Crippen LogP contribution in [0.4, 0.5) is 4.39 Å². The van der Waals surface area contributed by atoms with E-state index >= 15 is 0 Å². The summed E-state index contributed by atoms with van der Waals surface area (Å²) in [5.41, 5.74) is 5.33. The number of nitrogens with one attached hydrogen (secondary N) is 1. The van der Waals surface area contributed by atoms with Crippen molar-refractivity contribution >= 4 is 23.4 Å². The first-order valence-electron chi connectivity index (χ1n) is 6.98. The molecular weight excluding hydrogens is 315 g/mol. The number of thioether (sulfide) groups is 1. The van der Waals surface area contributed by atoms with Gasteiger partial charge in [0.2, 0.25) is 0 Å². The average molecular weight is 332 g/mol. The molecular formula is C16H17FN4OS. The van der Waals surface area contributed by atoms with E-state index in [9.17, 15) is 9.18 Å². The maximum absolute atomic E-state index is 13.1. The third-order valence-electron chi connectivity index (χ3n) is 2.88. The summed E-state index contributed by atoms with van der Waals surface area (Å²) in [6.07, 6.45) is 0. The molecule has 0 saturated heterocycles. The molecule has 0 radical (unpaired) electrons. The van der Waals surface area contributed by atoms with E-state index in [0.717, 1.165) is 11.4 Å². The van der Waals surface area contributed by atoms with Crippen molar-refractivity contribution in [1.82, 2.24) is 15.4 Å². The van der Waals surface area contributed by atoms with Gasteiger partial charge in [-0.05, 0) is 39.0 Å². The Balaban J connectivity index is 1.90. The Bertz CT molecular complexity index is 728. The number of aryl methyl sites for hydroxylation is 2. The molecule has 0 spiro atoms. The fourth-order valence-corrected chi connectivity index (χ4v) is 2.59. The van der Waals surface area contributed by atoms with Gasteiger partial charge in [0.15, 0.2) is 5.16 Å². The van der Waals surface area contributed by atoms with Crippen LogP contribution in [-0.2, 0) is 4.79 Å². The van der Waals surface area contributed by atoms with Gasteiger partial charge in [0, 0.05) is 17.0 Å². The Morgan fingerprint density at radius 2 is 1.96 bits per heavy atom. The third kappa shape index (κ3) is 5.45. The molecule has 2 rings (SSSR count). The van der Waals surface area contributed by atoms with Crippen molar-refractivity contribution in [1.29, 1.82) is 0 Å². The Morgan fingerprint density at radius 1 is 1.26 bits per heavy atom. The van der Waals surface area contributed by atoms with Gasteiger partial charge >= 0.3 is 0 Å². The Hall–Kier alpha value is -2.28. The molecule has 7 heteroatoms. The predicted octanol–water partition coefficient (Wildman–Crippen LogP) is 2.87. The standard InChI is InChI=1S/C16H17FN4OS/c1-10-7-11(2)19-16(18-10)23-9-15(22)21-20-12(3)13-5-4-6-14(17)8-13/h4-8H,9H2,1-3H3,(H,21,22)/b20-12+. The minimum Gasteiger partial charge on any atom is -0.272 e. The van der Waals surface area contributed by atoms with Crippen molar-refractivity contribution in [3.05, 3.63) is 53.1 Å². The summed E-state index contributed by atoms with van der Waals surface area (Å²) in [5.74, 6) is -0.456. The van der Waals surface area contributed by atoms with Gasteiger partial charge in [0.25, 0.3) is 5.91 Å². The van der Waals surface area contributed by atoms with E-state index in [1.165, 1.54) is 23.9 Å². The van der Waals surface area contributed by atoms with Crippen LogP contribution in [0.5, 0.6) is 0 Å². The monoisotopic (exact) mass is 332 g/mol. The second-order valence-corrected chi connectivity index (χ2v) is 5.91. The molecule has 0 aliphatic heterocycles. The van der Waals surface area contributed by atoms with Crippen LogP contribution in [0.15, 0.2) is 40.6 Å². The number of carbonyl (C=O) groups excluding carboxylic acids is 1. The van der Waals surface area contributed by atoms with Crippen LogP contribution in [0.25, 0.3) is 0 Å². The number of rotatable bonds is 5. The number of halogens is 1. The van der Waals surface area contributed by atoms with E-state index < -0.39 is 0 Å². The number of benzene rings is 1. The topological polar surface area (TPSA) is 67.2 Å². The number of amides is 1. The summed E-state index contributed by atoms with van der Waals surface area (Å²) in [7, 11) is 0. The van der Waals surface area contributed by atoms with Crippen molar-refractivity contribution in [2.75, 3.05) is 5.75 Å². The zero-order chi connectivity index (χ0) is 16.8. The van der Waals surface area contributed by atoms with Crippen molar-refractivity contribution < 1.29 is 9.18 Å². The minimum atomic E-state index is -0.342. The van der Waals surface area contributed by atoms with Crippen LogP contribution in [0.1, 0.15) is 23.9 Å². The quantitative estimate of drug-likeness (QED) is 0.396. The smallest absolute Gasteiger partial charge is 0.250 e. The van der Waals surface area contributed by atoms with Crippen LogP contribution >= 0.6 is 11.8 Å². The van der Waals surface area contributed by atoms with E-state index in [2.05, 4.69) is 20.5 Å². The second-order valence-electron chi connectivity index (χ2n) is 4.96. The minimum absolute atomic E-state index is 0.156. The number of hydrazone groups is 1. The van der Waals surface area contributed by atoms with Crippen LogP contribution in [-0.4, -0.2) is 27.3 Å². The molecule has 0 aliphatic rings. The first-order chi connectivity index (χ1) is 10.9. The van der Waals surface area contributed by atoms with E-state index in [1.54, 1.807) is 19.1 Å². The summed E-state index contributed by atoms with van der Waals surface area (Å²) in [6.45, 7) is 5.46. The fourth-order valence-electron chi connectivity index (χ4n) is 1.84.